The molecule has 3 aromatic carbocycles. The van der Waals surface area contributed by atoms with Gasteiger partial charge in [0.25, 0.3) is 0 Å². The Morgan fingerprint density at radius 1 is 0.927 bits per heavy atom. The van der Waals surface area contributed by atoms with Crippen molar-refractivity contribution in [3.05, 3.63) is 118 Å². The molecule has 0 bridgehead atoms. The SMILES string of the molecule is COc1ccc(C(=O)[C@H]2[C@H](C(=O)c3cccs3)N3C=Cc4ccccc4[C@@H]3[C@]23C(=O)Nc2ccccc23)c(OC)c1. The van der Waals surface area contributed by atoms with Crippen LogP contribution in [-0.4, -0.2) is 42.6 Å². The minimum absolute atomic E-state index is 0.200. The quantitative estimate of drug-likeness (QED) is 0.302. The van der Waals surface area contributed by atoms with Crippen LogP contribution < -0.4 is 14.8 Å². The molecule has 0 unspecified atom stereocenters. The van der Waals surface area contributed by atoms with Crippen LogP contribution in [0.15, 0.2) is 90.4 Å². The second-order valence-electron chi connectivity index (χ2n) is 10.4. The van der Waals surface area contributed by atoms with Gasteiger partial charge >= 0.3 is 0 Å². The van der Waals surface area contributed by atoms with Gasteiger partial charge in [-0.05, 0) is 52.4 Å². The Bertz CT molecular complexity index is 1750. The highest BCUT2D eigenvalue weighted by Gasteiger charge is 2.71. The molecule has 1 spiro atoms. The Morgan fingerprint density at radius 2 is 1.73 bits per heavy atom. The average Bonchev–Trinajstić information content (AvgIpc) is 3.73. The highest BCUT2D eigenvalue weighted by molar-refractivity contribution is 7.12. The fourth-order valence-electron chi connectivity index (χ4n) is 6.90. The third-order valence-corrected chi connectivity index (χ3v) is 9.44. The Balaban J connectivity index is 1.54. The standard InChI is InChI=1S/C33H26N2O5S/c1-39-20-13-14-22(25(18-20)40-2)29(36)27-28(30(37)26-12-7-17-41-26)35-16-15-19-8-3-4-9-21(19)31(35)33(27)23-10-5-6-11-24(23)34-32(33)38/h3-18,27-28,31H,1-2H3,(H,34,38)/t27-,28-,31-,33-/m1/s1. The molecule has 4 atom stereocenters. The van der Waals surface area contributed by atoms with Crippen LogP contribution in [-0.2, 0) is 10.2 Å². The molecule has 7 rings (SSSR count). The number of nitrogens with zero attached hydrogens (tertiary/aromatic N) is 1. The molecule has 204 valence electrons. The molecule has 3 aliphatic rings. The molecule has 8 heteroatoms. The summed E-state index contributed by atoms with van der Waals surface area (Å²) in [6, 6.07) is 22.4. The van der Waals surface area contributed by atoms with Crippen molar-refractivity contribution in [2.24, 2.45) is 5.92 Å². The number of thiophene rings is 1. The maximum Gasteiger partial charge on any atom is 0.238 e. The van der Waals surface area contributed by atoms with E-state index in [0.29, 0.717) is 27.6 Å². The van der Waals surface area contributed by atoms with Crippen LogP contribution in [0, 0.1) is 5.92 Å². The number of nitrogens with one attached hydrogen (secondary N) is 1. The van der Waals surface area contributed by atoms with Gasteiger partial charge in [0.1, 0.15) is 23.0 Å². The van der Waals surface area contributed by atoms with E-state index in [-0.39, 0.29) is 23.0 Å². The molecular weight excluding hydrogens is 536 g/mol. The first kappa shape index (κ1) is 25.3. The van der Waals surface area contributed by atoms with E-state index in [1.807, 2.05) is 77.2 Å². The van der Waals surface area contributed by atoms with Crippen molar-refractivity contribution in [2.45, 2.75) is 17.5 Å². The maximum atomic E-state index is 15.0. The molecule has 4 aromatic rings. The smallest absolute Gasteiger partial charge is 0.238 e. The summed E-state index contributed by atoms with van der Waals surface area (Å²) in [5, 5.41) is 4.91. The fourth-order valence-corrected chi connectivity index (χ4v) is 7.60. The van der Waals surface area contributed by atoms with Crippen molar-refractivity contribution in [2.75, 3.05) is 19.5 Å². The largest absolute Gasteiger partial charge is 0.497 e. The van der Waals surface area contributed by atoms with Crippen LogP contribution in [0.3, 0.4) is 0 Å². The monoisotopic (exact) mass is 562 g/mol. The van der Waals surface area contributed by atoms with Crippen LogP contribution in [0.2, 0.25) is 0 Å². The van der Waals surface area contributed by atoms with Gasteiger partial charge in [-0.2, -0.15) is 0 Å². The predicted molar refractivity (Wildman–Crippen MR) is 157 cm³/mol. The highest BCUT2D eigenvalue weighted by Crippen LogP contribution is 2.62. The van der Waals surface area contributed by atoms with Crippen molar-refractivity contribution in [3.8, 4) is 11.5 Å². The van der Waals surface area contributed by atoms with Gasteiger partial charge in [0.15, 0.2) is 11.6 Å². The number of carbonyl (C=O) groups excluding carboxylic acids is 3. The third kappa shape index (κ3) is 3.47. The molecule has 1 fully saturated rings. The molecule has 3 aliphatic heterocycles. The van der Waals surface area contributed by atoms with Gasteiger partial charge in [0.2, 0.25) is 5.91 Å². The van der Waals surface area contributed by atoms with E-state index in [2.05, 4.69) is 5.32 Å². The van der Waals surface area contributed by atoms with Crippen molar-refractivity contribution in [1.29, 1.82) is 0 Å². The summed E-state index contributed by atoms with van der Waals surface area (Å²) in [6.07, 6.45) is 3.82. The second-order valence-corrected chi connectivity index (χ2v) is 11.3. The number of ether oxygens (including phenoxy) is 2. The first-order chi connectivity index (χ1) is 20.0. The second kappa shape index (κ2) is 9.45. The van der Waals surface area contributed by atoms with E-state index in [9.17, 15) is 14.4 Å². The number of amides is 1. The van der Waals surface area contributed by atoms with Gasteiger partial charge in [-0.1, -0.05) is 48.5 Å². The molecule has 4 heterocycles. The molecule has 0 saturated carbocycles. The molecule has 1 amide bonds. The van der Waals surface area contributed by atoms with Gasteiger partial charge in [-0.15, -0.1) is 11.3 Å². The zero-order valence-corrected chi connectivity index (χ0v) is 23.2. The lowest BCUT2D eigenvalue weighted by atomic mass is 9.62. The molecule has 1 aromatic heterocycles. The Morgan fingerprint density at radius 3 is 2.51 bits per heavy atom. The van der Waals surface area contributed by atoms with Crippen molar-refractivity contribution in [1.82, 2.24) is 4.90 Å². The first-order valence-electron chi connectivity index (χ1n) is 13.3. The summed E-state index contributed by atoms with van der Waals surface area (Å²) in [7, 11) is 3.03. The number of Topliss-reactive ketones (excluding diaryl/α,β-unsaturated/α-hetero) is 2. The number of hydrogen-bond acceptors (Lipinski definition) is 7. The zero-order valence-electron chi connectivity index (χ0n) is 22.4. The Kier molecular flexibility index (Phi) is 5.83. The molecular formula is C33H26N2O5S. The lowest BCUT2D eigenvalue weighted by Crippen LogP contribution is -2.49. The number of fused-ring (bicyclic) bond motifs is 6. The summed E-state index contributed by atoms with van der Waals surface area (Å²) < 4.78 is 11.0. The molecule has 0 radical (unpaired) electrons. The van der Waals surface area contributed by atoms with Gasteiger partial charge in [-0.25, -0.2) is 0 Å². The van der Waals surface area contributed by atoms with Crippen molar-refractivity contribution in [3.63, 3.8) is 0 Å². The number of para-hydroxylation sites is 1. The summed E-state index contributed by atoms with van der Waals surface area (Å²) in [5.41, 5.74) is 2.09. The minimum atomic E-state index is -1.39. The summed E-state index contributed by atoms with van der Waals surface area (Å²) >= 11 is 1.33. The highest BCUT2D eigenvalue weighted by atomic mass is 32.1. The molecule has 41 heavy (non-hydrogen) atoms. The average molecular weight is 563 g/mol. The number of rotatable bonds is 6. The van der Waals surface area contributed by atoms with Crippen LogP contribution in [0.5, 0.6) is 11.5 Å². The first-order valence-corrected chi connectivity index (χ1v) is 14.2. The topological polar surface area (TPSA) is 84.9 Å². The lowest BCUT2D eigenvalue weighted by Gasteiger charge is -2.38. The number of anilines is 1. The number of benzene rings is 3. The van der Waals surface area contributed by atoms with Crippen LogP contribution in [0.1, 0.15) is 42.8 Å². The van der Waals surface area contributed by atoms with E-state index < -0.39 is 23.4 Å². The summed E-state index contributed by atoms with van der Waals surface area (Å²) in [6.45, 7) is 0. The van der Waals surface area contributed by atoms with Gasteiger partial charge in [-0.3, -0.25) is 14.4 Å². The minimum Gasteiger partial charge on any atom is -0.497 e. The van der Waals surface area contributed by atoms with Crippen LogP contribution in [0.25, 0.3) is 6.08 Å². The normalized spacial score (nSPS) is 23.5. The fraction of sp³-hybridized carbons (Fsp3) is 0.182. The number of carbonyl (C=O) groups is 3. The van der Waals surface area contributed by atoms with Gasteiger partial charge in [0, 0.05) is 18.0 Å². The van der Waals surface area contributed by atoms with E-state index in [4.69, 9.17) is 9.47 Å². The third-order valence-electron chi connectivity index (χ3n) is 8.56. The van der Waals surface area contributed by atoms with E-state index >= 15 is 0 Å². The molecule has 1 saturated heterocycles. The maximum absolute atomic E-state index is 15.0. The number of methoxy groups -OCH3 is 2. The Labute approximate surface area is 241 Å². The van der Waals surface area contributed by atoms with Gasteiger partial charge < -0.3 is 19.7 Å². The van der Waals surface area contributed by atoms with Crippen molar-refractivity contribution >= 4 is 40.6 Å². The Hall–Kier alpha value is -4.69. The predicted octanol–water partition coefficient (Wildman–Crippen LogP) is 5.75. The summed E-state index contributed by atoms with van der Waals surface area (Å²) in [5.74, 6) is -1.06. The van der Waals surface area contributed by atoms with E-state index in [0.717, 1.165) is 11.1 Å². The van der Waals surface area contributed by atoms with Crippen LogP contribution >= 0.6 is 11.3 Å². The summed E-state index contributed by atoms with van der Waals surface area (Å²) in [4.78, 5) is 46.4. The zero-order chi connectivity index (χ0) is 28.3. The van der Waals surface area contributed by atoms with Crippen LogP contribution in [0.4, 0.5) is 5.69 Å². The lowest BCUT2D eigenvalue weighted by molar-refractivity contribution is -0.122. The number of hydrogen-bond donors (Lipinski definition) is 1. The van der Waals surface area contributed by atoms with Crippen molar-refractivity contribution < 1.29 is 23.9 Å². The van der Waals surface area contributed by atoms with Gasteiger partial charge in [0.05, 0.1) is 36.6 Å². The molecule has 7 nitrogen and oxygen atoms in total. The molecule has 1 N–H and O–H groups in total. The van der Waals surface area contributed by atoms with E-state index in [1.165, 1.54) is 18.4 Å². The molecule has 0 aliphatic carbocycles. The van der Waals surface area contributed by atoms with E-state index in [1.54, 1.807) is 31.4 Å². The number of ketones is 2.